The van der Waals surface area contributed by atoms with Gasteiger partial charge in [0.05, 0.1) is 5.69 Å². The van der Waals surface area contributed by atoms with Gasteiger partial charge in [0.2, 0.25) is 11.8 Å². The van der Waals surface area contributed by atoms with E-state index in [1.165, 1.54) is 6.07 Å². The number of amides is 2. The third-order valence-electron chi connectivity index (χ3n) is 6.39. The number of ether oxygens (including phenoxy) is 1. The Morgan fingerprint density at radius 2 is 1.80 bits per heavy atom. The Kier molecular flexibility index (Phi) is 4.41. The molecule has 3 aliphatic rings. The van der Waals surface area contributed by atoms with Crippen LogP contribution in [0.1, 0.15) is 24.8 Å². The molecule has 3 aliphatic heterocycles. The minimum Gasteiger partial charge on any atom is -0.468 e. The van der Waals surface area contributed by atoms with Gasteiger partial charge >= 0.3 is 0 Å². The number of hydrogen-bond donors (Lipinski definition) is 1. The number of carbonyl (C=O) groups is 2. The van der Waals surface area contributed by atoms with Crippen molar-refractivity contribution in [2.24, 2.45) is 5.92 Å². The van der Waals surface area contributed by atoms with E-state index in [-0.39, 0.29) is 23.5 Å². The number of fused-ring (bicyclic) bond motifs is 4. The van der Waals surface area contributed by atoms with Gasteiger partial charge in [-0.3, -0.25) is 9.59 Å². The fraction of sp³-hybridized carbons (Fsp3) is 0.391. The average molecular weight is 409 g/mol. The minimum absolute atomic E-state index is 0.163. The largest absolute Gasteiger partial charge is 0.468 e. The molecule has 2 saturated heterocycles. The van der Waals surface area contributed by atoms with Crippen LogP contribution in [0.3, 0.4) is 0 Å². The SMILES string of the molecule is C[C@@]12C[C@@H](c3ccccc3O1)[C@H](C(=O)N1CCN(c3ccccc3F)CC1)C(=O)N2. The molecule has 7 heteroatoms. The molecule has 0 aromatic heterocycles. The normalized spacial score (nSPS) is 27.7. The lowest BCUT2D eigenvalue weighted by molar-refractivity contribution is -0.152. The summed E-state index contributed by atoms with van der Waals surface area (Å²) >= 11 is 0. The molecule has 2 amide bonds. The molecule has 0 unspecified atom stereocenters. The first-order valence-corrected chi connectivity index (χ1v) is 10.3. The molecule has 0 aliphatic carbocycles. The summed E-state index contributed by atoms with van der Waals surface area (Å²) < 4.78 is 20.1. The number of nitrogens with one attached hydrogen (secondary N) is 1. The average Bonchev–Trinajstić information content (AvgIpc) is 2.73. The summed E-state index contributed by atoms with van der Waals surface area (Å²) in [7, 11) is 0. The molecule has 30 heavy (non-hydrogen) atoms. The molecule has 2 aromatic rings. The highest BCUT2D eigenvalue weighted by molar-refractivity contribution is 6.02. The zero-order valence-corrected chi connectivity index (χ0v) is 16.8. The fourth-order valence-electron chi connectivity index (χ4n) is 4.95. The summed E-state index contributed by atoms with van der Waals surface area (Å²) in [6, 6.07) is 14.3. The van der Waals surface area contributed by atoms with Crippen molar-refractivity contribution in [1.82, 2.24) is 10.2 Å². The Hall–Kier alpha value is -3.09. The summed E-state index contributed by atoms with van der Waals surface area (Å²) in [4.78, 5) is 30.0. The van der Waals surface area contributed by atoms with Gasteiger partial charge in [-0.25, -0.2) is 4.39 Å². The lowest BCUT2D eigenvalue weighted by atomic mass is 9.74. The molecule has 2 bridgehead atoms. The predicted molar refractivity (Wildman–Crippen MR) is 110 cm³/mol. The van der Waals surface area contributed by atoms with Crippen LogP contribution in [-0.2, 0) is 9.59 Å². The van der Waals surface area contributed by atoms with E-state index in [0.717, 1.165) is 11.3 Å². The number of piperidine rings is 1. The van der Waals surface area contributed by atoms with Crippen molar-refractivity contribution in [3.8, 4) is 5.75 Å². The van der Waals surface area contributed by atoms with Crippen LogP contribution in [0.2, 0.25) is 0 Å². The zero-order chi connectivity index (χ0) is 20.9. The highest BCUT2D eigenvalue weighted by Gasteiger charge is 2.52. The van der Waals surface area contributed by atoms with Crippen LogP contribution in [0.4, 0.5) is 10.1 Å². The van der Waals surface area contributed by atoms with Crippen LogP contribution in [-0.4, -0.2) is 48.6 Å². The van der Waals surface area contributed by atoms with Gasteiger partial charge in [0.25, 0.3) is 0 Å². The molecule has 3 atom stereocenters. The molecule has 1 N–H and O–H groups in total. The first-order valence-electron chi connectivity index (χ1n) is 10.3. The Morgan fingerprint density at radius 3 is 2.57 bits per heavy atom. The maximum absolute atomic E-state index is 14.1. The maximum atomic E-state index is 14.1. The van der Waals surface area contributed by atoms with Crippen molar-refractivity contribution in [2.75, 3.05) is 31.1 Å². The van der Waals surface area contributed by atoms with Crippen molar-refractivity contribution in [2.45, 2.75) is 25.0 Å². The minimum atomic E-state index is -0.795. The van der Waals surface area contributed by atoms with Crippen molar-refractivity contribution in [1.29, 1.82) is 0 Å². The molecular formula is C23H24FN3O3. The van der Waals surface area contributed by atoms with Crippen LogP contribution in [0, 0.1) is 11.7 Å². The van der Waals surface area contributed by atoms with Gasteiger partial charge in [0, 0.05) is 38.5 Å². The van der Waals surface area contributed by atoms with Gasteiger partial charge in [-0.05, 0) is 30.7 Å². The molecule has 0 radical (unpaired) electrons. The topological polar surface area (TPSA) is 61.9 Å². The molecule has 5 rings (SSSR count). The standard InChI is InChI=1S/C23H24FN3O3/c1-23-14-16(15-6-2-5-9-19(15)30-23)20(21(28)25-23)22(29)27-12-10-26(11-13-27)18-8-4-3-7-17(18)24/h2-9,16,20H,10-14H2,1H3,(H,25,28)/t16-,20-,23-/m0/s1. The lowest BCUT2D eigenvalue weighted by Crippen LogP contribution is -2.64. The third-order valence-corrected chi connectivity index (χ3v) is 6.39. The van der Waals surface area contributed by atoms with Gasteiger partial charge < -0.3 is 19.9 Å². The maximum Gasteiger partial charge on any atom is 0.236 e. The van der Waals surface area contributed by atoms with Gasteiger partial charge in [0.15, 0.2) is 5.72 Å². The van der Waals surface area contributed by atoms with Crippen molar-refractivity contribution in [3.63, 3.8) is 0 Å². The number of piperazine rings is 1. The Balaban J connectivity index is 1.36. The number of hydrogen-bond acceptors (Lipinski definition) is 4. The molecular weight excluding hydrogens is 385 g/mol. The number of benzene rings is 2. The number of nitrogens with zero attached hydrogens (tertiary/aromatic N) is 2. The Bertz CT molecular complexity index is 1000. The van der Waals surface area contributed by atoms with Gasteiger partial charge in [-0.1, -0.05) is 30.3 Å². The van der Waals surface area contributed by atoms with Gasteiger partial charge in [-0.15, -0.1) is 0 Å². The molecule has 3 heterocycles. The van der Waals surface area contributed by atoms with Crippen LogP contribution >= 0.6 is 0 Å². The summed E-state index contributed by atoms with van der Waals surface area (Å²) in [6.07, 6.45) is 0.557. The highest BCUT2D eigenvalue weighted by atomic mass is 19.1. The monoisotopic (exact) mass is 409 g/mol. The molecule has 156 valence electrons. The second-order valence-electron chi connectivity index (χ2n) is 8.41. The molecule has 2 fully saturated rings. The first kappa shape index (κ1) is 18.9. The van der Waals surface area contributed by atoms with Crippen LogP contribution in [0.15, 0.2) is 48.5 Å². The highest BCUT2D eigenvalue weighted by Crippen LogP contribution is 2.47. The summed E-state index contributed by atoms with van der Waals surface area (Å²) in [5.74, 6) is -0.983. The van der Waals surface area contributed by atoms with Crippen LogP contribution < -0.4 is 15.0 Å². The third kappa shape index (κ3) is 3.09. The van der Waals surface area contributed by atoms with E-state index in [4.69, 9.17) is 4.74 Å². The number of carbonyl (C=O) groups excluding carboxylic acids is 2. The van der Waals surface area contributed by atoms with E-state index < -0.39 is 11.6 Å². The van der Waals surface area contributed by atoms with Gasteiger partial charge in [-0.2, -0.15) is 0 Å². The predicted octanol–water partition coefficient (Wildman–Crippen LogP) is 2.50. The van der Waals surface area contributed by atoms with Crippen molar-refractivity contribution >= 4 is 17.5 Å². The van der Waals surface area contributed by atoms with Crippen LogP contribution in [0.5, 0.6) is 5.75 Å². The van der Waals surface area contributed by atoms with E-state index >= 15 is 0 Å². The Labute approximate surface area is 174 Å². The Morgan fingerprint density at radius 1 is 1.10 bits per heavy atom. The van der Waals surface area contributed by atoms with E-state index in [2.05, 4.69) is 5.32 Å². The molecule has 0 saturated carbocycles. The number of para-hydroxylation sites is 2. The summed E-state index contributed by atoms with van der Waals surface area (Å²) in [5.41, 5.74) is 0.665. The second kappa shape index (κ2) is 7.00. The van der Waals surface area contributed by atoms with E-state index in [1.54, 1.807) is 17.0 Å². The number of rotatable bonds is 2. The molecule has 6 nitrogen and oxygen atoms in total. The van der Waals surface area contributed by atoms with Gasteiger partial charge in [0.1, 0.15) is 17.5 Å². The number of halogens is 1. The van der Waals surface area contributed by atoms with Crippen molar-refractivity contribution < 1.29 is 18.7 Å². The number of anilines is 1. The lowest BCUT2D eigenvalue weighted by Gasteiger charge is -2.48. The fourth-order valence-corrected chi connectivity index (χ4v) is 4.95. The molecule has 2 aromatic carbocycles. The van der Waals surface area contributed by atoms with E-state index in [0.29, 0.717) is 38.3 Å². The molecule has 0 spiro atoms. The first-order chi connectivity index (χ1) is 14.5. The van der Waals surface area contributed by atoms with E-state index in [1.807, 2.05) is 42.2 Å². The smallest absolute Gasteiger partial charge is 0.236 e. The van der Waals surface area contributed by atoms with Crippen molar-refractivity contribution in [3.05, 3.63) is 59.9 Å². The van der Waals surface area contributed by atoms with Crippen LogP contribution in [0.25, 0.3) is 0 Å². The quantitative estimate of drug-likeness (QED) is 0.775. The summed E-state index contributed by atoms with van der Waals surface area (Å²) in [6.45, 7) is 3.83. The summed E-state index contributed by atoms with van der Waals surface area (Å²) in [5, 5.41) is 2.91. The van der Waals surface area contributed by atoms with E-state index in [9.17, 15) is 14.0 Å². The zero-order valence-electron chi connectivity index (χ0n) is 16.8. The second-order valence-corrected chi connectivity index (χ2v) is 8.41.